The van der Waals surface area contributed by atoms with Gasteiger partial charge in [0.05, 0.1) is 12.6 Å². The minimum Gasteiger partial charge on any atom is -0.491 e. The lowest BCUT2D eigenvalue weighted by molar-refractivity contribution is 0.273. The van der Waals surface area contributed by atoms with Gasteiger partial charge in [-0.15, -0.1) is 0 Å². The van der Waals surface area contributed by atoms with Crippen LogP contribution in [0.3, 0.4) is 0 Å². The van der Waals surface area contributed by atoms with Crippen LogP contribution in [0.2, 0.25) is 0 Å². The minimum atomic E-state index is -0.476. The third kappa shape index (κ3) is 2.42. The number of guanidine groups is 1. The van der Waals surface area contributed by atoms with Crippen molar-refractivity contribution in [1.82, 2.24) is 5.32 Å². The van der Waals surface area contributed by atoms with E-state index in [0.29, 0.717) is 18.3 Å². The van der Waals surface area contributed by atoms with Crippen LogP contribution in [-0.2, 0) is 0 Å². The predicted octanol–water partition coefficient (Wildman–Crippen LogP) is 1.24. The second-order valence-electron chi connectivity index (χ2n) is 3.53. The van der Waals surface area contributed by atoms with Gasteiger partial charge in [0.2, 0.25) is 0 Å². The molecule has 4 nitrogen and oxygen atoms in total. The molecule has 3 N–H and O–H groups in total. The lowest BCUT2D eigenvalue weighted by atomic mass is 10.1. The standard InChI is InChI=1S/C11H14FN3O.H2/c12-5-6-16-9-3-1-8(2-4-9)10-7-14-11(13)15-10;/h1-4,10H,5-7H2,(H3,13,14,15);1H. The van der Waals surface area contributed by atoms with Crippen molar-refractivity contribution in [2.45, 2.75) is 6.04 Å². The largest absolute Gasteiger partial charge is 0.491 e. The smallest absolute Gasteiger partial charge is 0.189 e. The summed E-state index contributed by atoms with van der Waals surface area (Å²) in [6.07, 6.45) is 0. The van der Waals surface area contributed by atoms with Gasteiger partial charge >= 0.3 is 0 Å². The highest BCUT2D eigenvalue weighted by Crippen LogP contribution is 2.19. The zero-order valence-electron chi connectivity index (χ0n) is 8.82. The number of hydrogen-bond donors (Lipinski definition) is 2. The lowest BCUT2D eigenvalue weighted by Crippen LogP contribution is -2.29. The Kier molecular flexibility index (Phi) is 3.24. The van der Waals surface area contributed by atoms with E-state index >= 15 is 0 Å². The molecule has 0 spiro atoms. The second-order valence-corrected chi connectivity index (χ2v) is 3.53. The molecule has 2 rings (SSSR count). The predicted molar refractivity (Wildman–Crippen MR) is 62.4 cm³/mol. The maximum atomic E-state index is 11.9. The highest BCUT2D eigenvalue weighted by atomic mass is 19.1. The summed E-state index contributed by atoms with van der Waals surface area (Å²) >= 11 is 0. The van der Waals surface area contributed by atoms with Gasteiger partial charge in [-0.2, -0.15) is 0 Å². The zero-order chi connectivity index (χ0) is 11.4. The maximum Gasteiger partial charge on any atom is 0.189 e. The number of aliphatic imine (C=N–C) groups is 1. The van der Waals surface area contributed by atoms with Crippen LogP contribution in [0.4, 0.5) is 4.39 Å². The number of nitrogens with two attached hydrogens (primary N) is 1. The van der Waals surface area contributed by atoms with Crippen LogP contribution in [0.5, 0.6) is 5.75 Å². The van der Waals surface area contributed by atoms with Crippen molar-refractivity contribution < 1.29 is 10.6 Å². The summed E-state index contributed by atoms with van der Waals surface area (Å²) in [7, 11) is 0. The Hall–Kier alpha value is -1.78. The van der Waals surface area contributed by atoms with Crippen LogP contribution in [0.25, 0.3) is 0 Å². The summed E-state index contributed by atoms with van der Waals surface area (Å²) in [6, 6.07) is 7.64. The maximum absolute atomic E-state index is 11.9. The number of halogens is 1. The third-order valence-corrected chi connectivity index (χ3v) is 2.39. The van der Waals surface area contributed by atoms with Crippen molar-refractivity contribution in [2.75, 3.05) is 19.8 Å². The van der Waals surface area contributed by atoms with Gasteiger partial charge in [-0.05, 0) is 17.7 Å². The van der Waals surface area contributed by atoms with Crippen molar-refractivity contribution in [3.63, 3.8) is 0 Å². The average Bonchev–Trinajstić information content (AvgIpc) is 2.74. The molecule has 0 radical (unpaired) electrons. The van der Waals surface area contributed by atoms with E-state index in [1.165, 1.54) is 0 Å². The van der Waals surface area contributed by atoms with Gasteiger partial charge in [0.15, 0.2) is 5.96 Å². The summed E-state index contributed by atoms with van der Waals surface area (Å²) in [4.78, 5) is 4.07. The number of alkyl halides is 1. The molecule has 5 heteroatoms. The van der Waals surface area contributed by atoms with E-state index in [1.54, 1.807) is 0 Å². The fraction of sp³-hybridized carbons (Fsp3) is 0.364. The van der Waals surface area contributed by atoms with Gasteiger partial charge in [-0.1, -0.05) is 12.1 Å². The van der Waals surface area contributed by atoms with Gasteiger partial charge in [0.1, 0.15) is 19.0 Å². The molecule has 1 aromatic carbocycles. The molecule has 0 aliphatic carbocycles. The van der Waals surface area contributed by atoms with Crippen LogP contribution in [0.15, 0.2) is 29.3 Å². The van der Waals surface area contributed by atoms with E-state index in [0.717, 1.165) is 5.56 Å². The fourth-order valence-electron chi connectivity index (χ4n) is 1.60. The molecule has 1 aliphatic rings. The number of nitrogens with one attached hydrogen (secondary N) is 1. The Labute approximate surface area is 94.8 Å². The molecule has 0 saturated carbocycles. The average molecular weight is 225 g/mol. The zero-order valence-corrected chi connectivity index (χ0v) is 8.82. The first-order valence-electron chi connectivity index (χ1n) is 5.15. The number of benzene rings is 1. The second kappa shape index (κ2) is 4.83. The van der Waals surface area contributed by atoms with Crippen LogP contribution in [0, 0.1) is 0 Å². The van der Waals surface area contributed by atoms with Crippen LogP contribution >= 0.6 is 0 Å². The molecule has 16 heavy (non-hydrogen) atoms. The molecule has 0 amide bonds. The van der Waals surface area contributed by atoms with E-state index in [2.05, 4.69) is 10.3 Å². The van der Waals surface area contributed by atoms with Gasteiger partial charge in [0, 0.05) is 1.43 Å². The number of hydrogen-bond acceptors (Lipinski definition) is 4. The third-order valence-electron chi connectivity index (χ3n) is 2.39. The van der Waals surface area contributed by atoms with E-state index < -0.39 is 6.67 Å². The number of nitrogens with zero attached hydrogens (tertiary/aromatic N) is 1. The van der Waals surface area contributed by atoms with Crippen LogP contribution in [-0.4, -0.2) is 25.8 Å². The van der Waals surface area contributed by atoms with Crippen LogP contribution in [0.1, 0.15) is 13.0 Å². The van der Waals surface area contributed by atoms with Crippen molar-refractivity contribution in [2.24, 2.45) is 10.7 Å². The summed E-state index contributed by atoms with van der Waals surface area (Å²) < 4.78 is 17.0. The summed E-state index contributed by atoms with van der Waals surface area (Å²) in [5.74, 6) is 1.15. The van der Waals surface area contributed by atoms with E-state index in [9.17, 15) is 4.39 Å². The van der Waals surface area contributed by atoms with Crippen molar-refractivity contribution in [1.29, 1.82) is 0 Å². The highest BCUT2D eigenvalue weighted by Gasteiger charge is 2.16. The van der Waals surface area contributed by atoms with E-state index in [4.69, 9.17) is 10.5 Å². The first kappa shape index (κ1) is 10.7. The Morgan fingerprint density at radius 1 is 1.50 bits per heavy atom. The molecular weight excluding hydrogens is 209 g/mol. The number of rotatable bonds is 4. The molecule has 1 aliphatic heterocycles. The molecule has 0 fully saturated rings. The quantitative estimate of drug-likeness (QED) is 0.810. The molecule has 0 saturated heterocycles. The van der Waals surface area contributed by atoms with Gasteiger partial charge in [-0.25, -0.2) is 4.39 Å². The van der Waals surface area contributed by atoms with E-state index in [-0.39, 0.29) is 14.1 Å². The molecule has 0 bridgehead atoms. The van der Waals surface area contributed by atoms with Crippen LogP contribution < -0.4 is 15.8 Å². The molecular formula is C11H16FN3O. The molecule has 88 valence electrons. The normalized spacial score (nSPS) is 19.1. The van der Waals surface area contributed by atoms with Gasteiger partial charge in [0.25, 0.3) is 0 Å². The summed E-state index contributed by atoms with van der Waals surface area (Å²) in [5.41, 5.74) is 6.62. The molecule has 0 aromatic heterocycles. The lowest BCUT2D eigenvalue weighted by Gasteiger charge is -2.11. The Morgan fingerprint density at radius 2 is 2.25 bits per heavy atom. The molecule has 1 unspecified atom stereocenters. The molecule has 1 aromatic rings. The Bertz CT molecular complexity index is 383. The molecule has 1 heterocycles. The van der Waals surface area contributed by atoms with Crippen molar-refractivity contribution in [3.05, 3.63) is 29.8 Å². The Morgan fingerprint density at radius 3 is 2.81 bits per heavy atom. The highest BCUT2D eigenvalue weighted by molar-refractivity contribution is 5.80. The minimum absolute atomic E-state index is 0. The van der Waals surface area contributed by atoms with E-state index in [1.807, 2.05) is 24.3 Å². The van der Waals surface area contributed by atoms with Gasteiger partial charge < -0.3 is 15.8 Å². The first-order valence-corrected chi connectivity index (χ1v) is 5.15. The Balaban J connectivity index is 0.00000144. The SMILES string of the molecule is NC1=NCC(c2ccc(OCCF)cc2)N1.[HH]. The fourth-order valence-corrected chi connectivity index (χ4v) is 1.60. The number of ether oxygens (including phenoxy) is 1. The van der Waals surface area contributed by atoms with Gasteiger partial charge in [-0.3, -0.25) is 4.99 Å². The first-order chi connectivity index (χ1) is 7.79. The van der Waals surface area contributed by atoms with Crippen molar-refractivity contribution in [3.8, 4) is 5.75 Å². The monoisotopic (exact) mass is 225 g/mol. The molecule has 1 atom stereocenters. The topological polar surface area (TPSA) is 59.6 Å². The summed E-state index contributed by atoms with van der Waals surface area (Å²) in [6.45, 7) is 0.268. The summed E-state index contributed by atoms with van der Waals surface area (Å²) in [5, 5.41) is 3.06. The van der Waals surface area contributed by atoms with Crippen molar-refractivity contribution >= 4 is 5.96 Å².